The summed E-state index contributed by atoms with van der Waals surface area (Å²) in [5.74, 6) is 1.52. The molecule has 0 aliphatic carbocycles. The first-order valence-corrected chi connectivity index (χ1v) is 9.47. The summed E-state index contributed by atoms with van der Waals surface area (Å²) in [6.07, 6.45) is 3.50. The third-order valence-electron chi connectivity index (χ3n) is 4.16. The molecule has 2 aromatic rings. The van der Waals surface area contributed by atoms with Crippen LogP contribution >= 0.6 is 0 Å². The van der Waals surface area contributed by atoms with Gasteiger partial charge in [-0.1, -0.05) is 36.4 Å². The minimum absolute atomic E-state index is 0.370. The summed E-state index contributed by atoms with van der Waals surface area (Å²) in [4.78, 5) is 14.6. The number of hydrogen-bond acceptors (Lipinski definition) is 4. The first kappa shape index (κ1) is 19.8. The number of hydrogen-bond donors (Lipinski definition) is 0. The number of carbonyl (C=O) groups excluding carboxylic acids is 1. The highest BCUT2D eigenvalue weighted by Gasteiger charge is 2.24. The number of para-hydroxylation sites is 2. The van der Waals surface area contributed by atoms with E-state index in [4.69, 9.17) is 14.2 Å². The van der Waals surface area contributed by atoms with Gasteiger partial charge in [0.15, 0.2) is 0 Å². The fourth-order valence-corrected chi connectivity index (χ4v) is 2.89. The van der Waals surface area contributed by atoms with Crippen molar-refractivity contribution in [3.8, 4) is 11.5 Å². The molecule has 0 radical (unpaired) electrons. The van der Waals surface area contributed by atoms with Gasteiger partial charge in [0, 0.05) is 11.1 Å². The van der Waals surface area contributed by atoms with E-state index in [1.165, 1.54) is 0 Å². The van der Waals surface area contributed by atoms with Crippen molar-refractivity contribution in [1.29, 1.82) is 0 Å². The maximum atomic E-state index is 12.9. The van der Waals surface area contributed by atoms with Crippen molar-refractivity contribution in [1.82, 2.24) is 4.90 Å². The molecular weight excluding hydrogens is 354 g/mol. The van der Waals surface area contributed by atoms with E-state index in [2.05, 4.69) is 0 Å². The highest BCUT2D eigenvalue weighted by molar-refractivity contribution is 5.68. The summed E-state index contributed by atoms with van der Waals surface area (Å²) in [7, 11) is 0. The lowest BCUT2D eigenvalue weighted by molar-refractivity contribution is 0.0214. The molecule has 1 aliphatic rings. The number of carbonyl (C=O) groups is 1. The highest BCUT2D eigenvalue weighted by Crippen LogP contribution is 2.26. The van der Waals surface area contributed by atoms with E-state index in [1.54, 1.807) is 4.90 Å². The quantitative estimate of drug-likeness (QED) is 0.606. The fourth-order valence-electron chi connectivity index (χ4n) is 2.89. The van der Waals surface area contributed by atoms with Crippen LogP contribution in [0.5, 0.6) is 11.5 Å². The second-order valence-electron chi connectivity index (χ2n) is 7.65. The van der Waals surface area contributed by atoms with Crippen LogP contribution < -0.4 is 9.47 Å². The van der Waals surface area contributed by atoms with Crippen molar-refractivity contribution >= 4 is 6.09 Å². The number of ether oxygens (including phenoxy) is 3. The van der Waals surface area contributed by atoms with Gasteiger partial charge >= 0.3 is 6.09 Å². The van der Waals surface area contributed by atoms with E-state index in [9.17, 15) is 4.79 Å². The Kier molecular flexibility index (Phi) is 6.24. The average Bonchev–Trinajstić information content (AvgIpc) is 2.65. The van der Waals surface area contributed by atoms with Gasteiger partial charge in [0.1, 0.15) is 30.3 Å². The van der Waals surface area contributed by atoms with Crippen LogP contribution in [0.3, 0.4) is 0 Å². The third kappa shape index (κ3) is 5.52. The summed E-state index contributed by atoms with van der Waals surface area (Å²) in [6, 6.07) is 15.5. The molecule has 0 spiro atoms. The summed E-state index contributed by atoms with van der Waals surface area (Å²) < 4.78 is 17.4. The Morgan fingerprint density at radius 3 is 1.79 bits per heavy atom. The molecule has 1 heterocycles. The molecule has 0 aromatic heterocycles. The molecule has 1 amide bonds. The summed E-state index contributed by atoms with van der Waals surface area (Å²) in [5.41, 5.74) is 1.28. The molecular formula is C23H27NO4. The SMILES string of the molecule is CC(C)(C)OC(=O)N1Cc2ccccc2OC/C=C\COc2ccccc2C1. The van der Waals surface area contributed by atoms with Gasteiger partial charge in [0.05, 0.1) is 13.1 Å². The monoisotopic (exact) mass is 381 g/mol. The predicted molar refractivity (Wildman–Crippen MR) is 108 cm³/mol. The van der Waals surface area contributed by atoms with Crippen molar-refractivity contribution in [3.63, 3.8) is 0 Å². The number of benzene rings is 2. The molecule has 3 rings (SSSR count). The van der Waals surface area contributed by atoms with Crippen molar-refractivity contribution in [2.75, 3.05) is 13.2 Å². The second-order valence-corrected chi connectivity index (χ2v) is 7.65. The van der Waals surface area contributed by atoms with Crippen LogP contribution in [0.15, 0.2) is 60.7 Å². The zero-order valence-electron chi connectivity index (χ0n) is 16.7. The Hall–Kier alpha value is -2.95. The number of nitrogens with zero attached hydrogens (tertiary/aromatic N) is 1. The molecule has 0 unspecified atom stereocenters. The number of amides is 1. The molecule has 0 bridgehead atoms. The van der Waals surface area contributed by atoms with Gasteiger partial charge in [-0.2, -0.15) is 0 Å². The third-order valence-corrected chi connectivity index (χ3v) is 4.16. The number of rotatable bonds is 0. The van der Waals surface area contributed by atoms with Gasteiger partial charge in [0.2, 0.25) is 0 Å². The Balaban J connectivity index is 1.96. The van der Waals surface area contributed by atoms with Crippen LogP contribution in [0.25, 0.3) is 0 Å². The van der Waals surface area contributed by atoms with Gasteiger partial charge < -0.3 is 14.2 Å². The Bertz CT molecular complexity index is 783. The summed E-state index contributed by atoms with van der Waals surface area (Å²) >= 11 is 0. The lowest BCUT2D eigenvalue weighted by Gasteiger charge is -2.28. The van der Waals surface area contributed by atoms with E-state index in [1.807, 2.05) is 81.5 Å². The van der Waals surface area contributed by atoms with E-state index in [-0.39, 0.29) is 6.09 Å². The summed E-state index contributed by atoms with van der Waals surface area (Å²) in [6.45, 7) is 7.23. The smallest absolute Gasteiger partial charge is 0.410 e. The van der Waals surface area contributed by atoms with Gasteiger partial charge in [-0.15, -0.1) is 0 Å². The van der Waals surface area contributed by atoms with Gasteiger partial charge in [-0.05, 0) is 45.1 Å². The van der Waals surface area contributed by atoms with Crippen LogP contribution in [0, 0.1) is 0 Å². The molecule has 0 saturated carbocycles. The maximum absolute atomic E-state index is 12.9. The molecule has 28 heavy (non-hydrogen) atoms. The minimum atomic E-state index is -0.575. The fraction of sp³-hybridized carbons (Fsp3) is 0.348. The van der Waals surface area contributed by atoms with Crippen molar-refractivity contribution < 1.29 is 19.0 Å². The summed E-state index contributed by atoms with van der Waals surface area (Å²) in [5, 5.41) is 0. The first-order chi connectivity index (χ1) is 13.4. The van der Waals surface area contributed by atoms with Gasteiger partial charge in [-0.25, -0.2) is 4.79 Å². The number of fused-ring (bicyclic) bond motifs is 2. The molecule has 2 aromatic carbocycles. The Labute approximate surface area is 166 Å². The molecule has 0 atom stereocenters. The minimum Gasteiger partial charge on any atom is -0.489 e. The average molecular weight is 381 g/mol. The van der Waals surface area contributed by atoms with Crippen LogP contribution in [0.4, 0.5) is 4.79 Å². The Morgan fingerprint density at radius 2 is 1.32 bits per heavy atom. The lowest BCUT2D eigenvalue weighted by Crippen LogP contribution is -2.36. The molecule has 0 N–H and O–H groups in total. The topological polar surface area (TPSA) is 48.0 Å². The zero-order chi connectivity index (χ0) is 20.0. The van der Waals surface area contributed by atoms with Crippen molar-refractivity contribution in [2.45, 2.75) is 39.5 Å². The standard InChI is InChI=1S/C23H27NO4/c1-23(2,3)28-22(25)24-16-18-10-4-6-12-20(18)26-14-8-9-15-27-21-13-7-5-11-19(21)17-24/h4-13H,14-17H2,1-3H3/b9-8-. The molecule has 5 heteroatoms. The van der Waals surface area contributed by atoms with Gasteiger partial charge in [-0.3, -0.25) is 4.90 Å². The van der Waals surface area contributed by atoms with Crippen molar-refractivity contribution in [3.05, 3.63) is 71.8 Å². The second kappa shape index (κ2) is 8.83. The predicted octanol–water partition coefficient (Wildman–Crippen LogP) is 4.95. The largest absolute Gasteiger partial charge is 0.489 e. The molecule has 148 valence electrons. The van der Waals surface area contributed by atoms with E-state index < -0.39 is 5.60 Å². The first-order valence-electron chi connectivity index (χ1n) is 9.47. The van der Waals surface area contributed by atoms with E-state index in [0.717, 1.165) is 22.6 Å². The van der Waals surface area contributed by atoms with Crippen molar-refractivity contribution in [2.24, 2.45) is 0 Å². The maximum Gasteiger partial charge on any atom is 0.410 e. The molecule has 0 fully saturated rings. The van der Waals surface area contributed by atoms with E-state index in [0.29, 0.717) is 26.3 Å². The normalized spacial score (nSPS) is 16.0. The van der Waals surface area contributed by atoms with E-state index >= 15 is 0 Å². The van der Waals surface area contributed by atoms with Gasteiger partial charge in [0.25, 0.3) is 0 Å². The van der Waals surface area contributed by atoms with Crippen LogP contribution in [0.1, 0.15) is 31.9 Å². The zero-order valence-corrected chi connectivity index (χ0v) is 16.7. The molecule has 0 saturated heterocycles. The van der Waals surface area contributed by atoms with Crippen LogP contribution in [-0.4, -0.2) is 29.8 Å². The van der Waals surface area contributed by atoms with Crippen LogP contribution in [0.2, 0.25) is 0 Å². The highest BCUT2D eigenvalue weighted by atomic mass is 16.6. The Morgan fingerprint density at radius 1 is 0.857 bits per heavy atom. The van der Waals surface area contributed by atoms with Crippen LogP contribution in [-0.2, 0) is 17.8 Å². The lowest BCUT2D eigenvalue weighted by atomic mass is 10.1. The molecule has 1 aliphatic heterocycles. The molecule has 5 nitrogen and oxygen atoms in total.